The molecule has 3 aliphatic carbocycles. The first kappa shape index (κ1) is 12.4. The molecule has 2 saturated carbocycles. The van der Waals surface area contributed by atoms with Crippen LogP contribution >= 0.6 is 0 Å². The van der Waals surface area contributed by atoms with Crippen molar-refractivity contribution < 1.29 is 6.22 Å². The molecule has 1 unspecified atom stereocenters. The van der Waals surface area contributed by atoms with E-state index in [1.54, 1.807) is 5.57 Å². The molecule has 2 fully saturated rings. The van der Waals surface area contributed by atoms with Crippen LogP contribution < -0.4 is 0 Å². The number of fused-ring (bicyclic) bond motifs is 3. The Morgan fingerprint density at radius 2 is 2.06 bits per heavy atom. The third-order valence-corrected chi connectivity index (χ3v) is 6.37. The first-order valence-electron chi connectivity index (χ1n) is 7.71. The zero-order chi connectivity index (χ0) is 13.0. The summed E-state index contributed by atoms with van der Waals surface area (Å²) >= 11 is 0. The minimum absolute atomic E-state index is 0. The smallest absolute Gasteiger partial charge is 0.136 e. The molecule has 0 amide bonds. The maximum atomic E-state index is 12.0. The number of hydrogen-bond acceptors (Lipinski definition) is 1. The quantitative estimate of drug-likeness (QED) is 0.565. The average Bonchev–Trinajstić information content (AvgIpc) is 2.34. The molecule has 0 aromatic heterocycles. The van der Waals surface area contributed by atoms with Crippen molar-refractivity contribution in [3.63, 3.8) is 0 Å². The molecule has 0 bridgehead atoms. The SMILES string of the molecule is C[C@H]1C(=O)CC[C@]2(C)C3=CCCC[C@]3(C)CCC12.[HH]. The first-order valence-corrected chi connectivity index (χ1v) is 7.71. The van der Waals surface area contributed by atoms with E-state index >= 15 is 0 Å². The summed E-state index contributed by atoms with van der Waals surface area (Å²) in [6.07, 6.45) is 11.0. The lowest BCUT2D eigenvalue weighted by molar-refractivity contribution is -0.131. The van der Waals surface area contributed by atoms with Crippen molar-refractivity contribution in [1.82, 2.24) is 0 Å². The summed E-state index contributed by atoms with van der Waals surface area (Å²) in [7, 11) is 0. The third kappa shape index (κ3) is 1.55. The molecule has 0 radical (unpaired) electrons. The molecule has 0 spiro atoms. The summed E-state index contributed by atoms with van der Waals surface area (Å²) in [5.74, 6) is 1.41. The molecule has 0 heterocycles. The van der Waals surface area contributed by atoms with Crippen molar-refractivity contribution in [2.24, 2.45) is 22.7 Å². The summed E-state index contributed by atoms with van der Waals surface area (Å²) < 4.78 is 0. The van der Waals surface area contributed by atoms with Crippen molar-refractivity contribution in [2.45, 2.75) is 65.7 Å². The summed E-state index contributed by atoms with van der Waals surface area (Å²) in [4.78, 5) is 12.0. The molecule has 0 aliphatic heterocycles. The molecular formula is C17H28O. The summed E-state index contributed by atoms with van der Waals surface area (Å²) in [5.41, 5.74) is 2.49. The van der Waals surface area contributed by atoms with Crippen LogP contribution in [0.2, 0.25) is 0 Å². The second-order valence-corrected chi connectivity index (χ2v) is 7.39. The van der Waals surface area contributed by atoms with Gasteiger partial charge in [0, 0.05) is 13.8 Å². The number of allylic oxidation sites excluding steroid dienone is 2. The molecule has 3 aliphatic rings. The Balaban J connectivity index is 0.00000133. The minimum Gasteiger partial charge on any atom is -0.299 e. The molecule has 18 heavy (non-hydrogen) atoms. The first-order chi connectivity index (χ1) is 8.47. The van der Waals surface area contributed by atoms with Gasteiger partial charge in [-0.25, -0.2) is 0 Å². The zero-order valence-electron chi connectivity index (χ0n) is 12.1. The van der Waals surface area contributed by atoms with E-state index in [1.807, 2.05) is 0 Å². The van der Waals surface area contributed by atoms with Crippen LogP contribution in [0.5, 0.6) is 0 Å². The summed E-state index contributed by atoms with van der Waals surface area (Å²) in [6, 6.07) is 0. The number of ketones is 1. The van der Waals surface area contributed by atoms with Crippen LogP contribution in [-0.4, -0.2) is 5.78 Å². The Kier molecular flexibility index (Phi) is 2.73. The number of rotatable bonds is 0. The standard InChI is InChI=1S/C17H26O.H2/c1-12-13-7-10-16(2)9-5-4-6-15(16)17(13,3)11-8-14(12)18;/h6,12-13H,4-5,7-11H2,1-3H3;1H/t12-,13?,16-,17+;/m1./s1. The van der Waals surface area contributed by atoms with E-state index in [9.17, 15) is 4.79 Å². The maximum Gasteiger partial charge on any atom is 0.136 e. The lowest BCUT2D eigenvalue weighted by Crippen LogP contribution is -2.49. The van der Waals surface area contributed by atoms with E-state index in [-0.39, 0.29) is 7.34 Å². The van der Waals surface area contributed by atoms with Gasteiger partial charge < -0.3 is 0 Å². The van der Waals surface area contributed by atoms with Gasteiger partial charge in [-0.1, -0.05) is 32.4 Å². The maximum absolute atomic E-state index is 12.0. The second kappa shape index (κ2) is 3.95. The van der Waals surface area contributed by atoms with E-state index in [4.69, 9.17) is 0 Å². The van der Waals surface area contributed by atoms with Gasteiger partial charge >= 0.3 is 0 Å². The molecule has 1 nitrogen and oxygen atoms in total. The number of carbonyl (C=O) groups is 1. The van der Waals surface area contributed by atoms with E-state index in [1.165, 1.54) is 32.1 Å². The Bertz CT molecular complexity index is 413. The molecule has 1 heteroatoms. The van der Waals surface area contributed by atoms with Crippen molar-refractivity contribution in [3.8, 4) is 0 Å². The van der Waals surface area contributed by atoms with Crippen molar-refractivity contribution in [3.05, 3.63) is 11.6 Å². The highest BCUT2D eigenvalue weighted by Crippen LogP contribution is 2.62. The topological polar surface area (TPSA) is 17.1 Å². The highest BCUT2D eigenvalue weighted by molar-refractivity contribution is 5.82. The van der Waals surface area contributed by atoms with Gasteiger partial charge in [0.05, 0.1) is 0 Å². The molecule has 0 N–H and O–H groups in total. The zero-order valence-corrected chi connectivity index (χ0v) is 12.1. The van der Waals surface area contributed by atoms with Crippen LogP contribution in [0.15, 0.2) is 11.6 Å². The van der Waals surface area contributed by atoms with E-state index in [2.05, 4.69) is 26.8 Å². The average molecular weight is 248 g/mol. The van der Waals surface area contributed by atoms with Crippen LogP contribution in [0.1, 0.15) is 67.1 Å². The molecule has 4 atom stereocenters. The number of hydrogen-bond donors (Lipinski definition) is 0. The van der Waals surface area contributed by atoms with Crippen molar-refractivity contribution in [1.29, 1.82) is 0 Å². The Morgan fingerprint density at radius 1 is 1.28 bits per heavy atom. The normalized spacial score (nSPS) is 48.2. The summed E-state index contributed by atoms with van der Waals surface area (Å²) in [5, 5.41) is 0. The molecule has 0 aromatic carbocycles. The molecule has 3 rings (SSSR count). The predicted molar refractivity (Wildman–Crippen MR) is 76.4 cm³/mol. The van der Waals surface area contributed by atoms with Crippen LogP contribution in [0.3, 0.4) is 0 Å². The van der Waals surface area contributed by atoms with Crippen LogP contribution in [0.25, 0.3) is 0 Å². The molecular weight excluding hydrogens is 220 g/mol. The van der Waals surface area contributed by atoms with Gasteiger partial charge in [-0.15, -0.1) is 0 Å². The fourth-order valence-electron chi connectivity index (χ4n) is 5.25. The highest BCUT2D eigenvalue weighted by Gasteiger charge is 2.54. The van der Waals surface area contributed by atoms with Gasteiger partial charge in [0.25, 0.3) is 0 Å². The molecule has 0 aromatic rings. The van der Waals surface area contributed by atoms with Gasteiger partial charge in [0.15, 0.2) is 0 Å². The molecule has 0 saturated heterocycles. The van der Waals surface area contributed by atoms with Gasteiger partial charge in [-0.2, -0.15) is 0 Å². The van der Waals surface area contributed by atoms with Crippen molar-refractivity contribution >= 4 is 5.78 Å². The Morgan fingerprint density at radius 3 is 2.83 bits per heavy atom. The lowest BCUT2D eigenvalue weighted by atomic mass is 9.47. The van der Waals surface area contributed by atoms with Crippen LogP contribution in [-0.2, 0) is 4.79 Å². The lowest BCUT2D eigenvalue weighted by Gasteiger charge is -2.57. The van der Waals surface area contributed by atoms with Gasteiger partial charge in [-0.05, 0) is 55.3 Å². The van der Waals surface area contributed by atoms with Gasteiger partial charge in [0.1, 0.15) is 5.78 Å². The Labute approximate surface area is 113 Å². The van der Waals surface area contributed by atoms with Gasteiger partial charge in [0.2, 0.25) is 0 Å². The van der Waals surface area contributed by atoms with Crippen LogP contribution in [0.4, 0.5) is 0 Å². The van der Waals surface area contributed by atoms with Crippen LogP contribution in [0, 0.1) is 22.7 Å². The van der Waals surface area contributed by atoms with E-state index < -0.39 is 0 Å². The van der Waals surface area contributed by atoms with Gasteiger partial charge in [-0.3, -0.25) is 4.79 Å². The Hall–Kier alpha value is -0.590. The fourth-order valence-corrected chi connectivity index (χ4v) is 5.25. The summed E-state index contributed by atoms with van der Waals surface area (Å²) in [6.45, 7) is 7.10. The number of carbonyl (C=O) groups excluding carboxylic acids is 1. The monoisotopic (exact) mass is 248 g/mol. The minimum atomic E-state index is 0. The van der Waals surface area contributed by atoms with E-state index in [0.29, 0.717) is 22.5 Å². The highest BCUT2D eigenvalue weighted by atomic mass is 16.1. The largest absolute Gasteiger partial charge is 0.299 e. The van der Waals surface area contributed by atoms with E-state index in [0.717, 1.165) is 12.8 Å². The predicted octanol–water partition coefficient (Wildman–Crippen LogP) is 4.76. The third-order valence-electron chi connectivity index (χ3n) is 6.37. The number of Topliss-reactive ketones (excluding diaryl/α,β-unsaturated/α-hetero) is 1. The fraction of sp³-hybridized carbons (Fsp3) is 0.824. The second-order valence-electron chi connectivity index (χ2n) is 7.39. The molecule has 102 valence electrons. The van der Waals surface area contributed by atoms with Crippen molar-refractivity contribution in [2.75, 3.05) is 0 Å².